The molecule has 0 spiro atoms. The lowest BCUT2D eigenvalue weighted by Crippen LogP contribution is -2.30. The van der Waals surface area contributed by atoms with Crippen LogP contribution in [0.1, 0.15) is 25.0 Å². The summed E-state index contributed by atoms with van der Waals surface area (Å²) < 4.78 is 0. The van der Waals surface area contributed by atoms with Crippen LogP contribution in [-0.2, 0) is 11.2 Å². The molecule has 0 radical (unpaired) electrons. The van der Waals surface area contributed by atoms with Gasteiger partial charge in [0.2, 0.25) is 0 Å². The van der Waals surface area contributed by atoms with E-state index >= 15 is 0 Å². The van der Waals surface area contributed by atoms with Gasteiger partial charge in [0.15, 0.2) is 0 Å². The van der Waals surface area contributed by atoms with Crippen molar-refractivity contribution in [1.29, 1.82) is 0 Å². The van der Waals surface area contributed by atoms with Gasteiger partial charge in [0.25, 0.3) is 0 Å². The quantitative estimate of drug-likeness (QED) is 0.778. The number of hydrogen-bond acceptors (Lipinski definition) is 3. The number of aliphatic carboxylic acids is 1. The maximum absolute atomic E-state index is 10.6. The van der Waals surface area contributed by atoms with E-state index in [2.05, 4.69) is 9.88 Å². The first-order valence-corrected chi connectivity index (χ1v) is 6.11. The van der Waals surface area contributed by atoms with Crippen LogP contribution >= 0.6 is 0 Å². The van der Waals surface area contributed by atoms with Gasteiger partial charge >= 0.3 is 5.97 Å². The molecule has 0 aliphatic heterocycles. The van der Waals surface area contributed by atoms with Gasteiger partial charge in [0, 0.05) is 37.4 Å². The zero-order valence-corrected chi connectivity index (χ0v) is 9.88. The molecule has 0 unspecified atom stereocenters. The van der Waals surface area contributed by atoms with E-state index in [1.54, 1.807) is 6.20 Å². The predicted molar refractivity (Wildman–Crippen MR) is 64.8 cm³/mol. The number of hydrogen-bond donors (Lipinski definition) is 1. The normalized spacial score (nSPS) is 15.1. The Morgan fingerprint density at radius 3 is 2.82 bits per heavy atom. The van der Waals surface area contributed by atoms with Gasteiger partial charge in [0.05, 0.1) is 6.42 Å². The lowest BCUT2D eigenvalue weighted by Gasteiger charge is -2.20. The summed E-state index contributed by atoms with van der Waals surface area (Å²) in [4.78, 5) is 17.1. The molecule has 1 aliphatic rings. The van der Waals surface area contributed by atoms with E-state index in [1.807, 2.05) is 18.2 Å². The minimum atomic E-state index is -0.714. The van der Waals surface area contributed by atoms with Crippen molar-refractivity contribution in [2.24, 2.45) is 0 Å². The van der Waals surface area contributed by atoms with Crippen LogP contribution in [-0.4, -0.2) is 40.1 Å². The molecule has 0 aromatic carbocycles. The fourth-order valence-electron chi connectivity index (χ4n) is 1.96. The van der Waals surface area contributed by atoms with Crippen molar-refractivity contribution in [2.75, 3.05) is 13.1 Å². The molecule has 2 rings (SSSR count). The number of carbonyl (C=O) groups is 1. The molecule has 1 aromatic heterocycles. The first-order chi connectivity index (χ1) is 8.25. The molecule has 0 amide bonds. The van der Waals surface area contributed by atoms with Gasteiger partial charge in [-0.05, 0) is 25.0 Å². The lowest BCUT2D eigenvalue weighted by molar-refractivity contribution is -0.137. The Bertz CT molecular complexity index is 363. The summed E-state index contributed by atoms with van der Waals surface area (Å²) in [7, 11) is 0. The summed E-state index contributed by atoms with van der Waals surface area (Å²) in [6, 6.07) is 6.52. The monoisotopic (exact) mass is 234 g/mol. The number of nitrogens with zero attached hydrogens (tertiary/aromatic N) is 2. The van der Waals surface area contributed by atoms with Gasteiger partial charge in [-0.15, -0.1) is 0 Å². The van der Waals surface area contributed by atoms with Crippen LogP contribution in [0.3, 0.4) is 0 Å². The van der Waals surface area contributed by atoms with E-state index in [-0.39, 0.29) is 6.42 Å². The SMILES string of the molecule is O=C(O)CCN(CCc1ccccn1)C1CC1. The molecule has 1 heterocycles. The summed E-state index contributed by atoms with van der Waals surface area (Å²) in [5.74, 6) is -0.714. The zero-order chi connectivity index (χ0) is 12.1. The molecular formula is C13H18N2O2. The van der Waals surface area contributed by atoms with Crippen molar-refractivity contribution >= 4 is 5.97 Å². The molecule has 17 heavy (non-hydrogen) atoms. The van der Waals surface area contributed by atoms with Crippen LogP contribution in [0.2, 0.25) is 0 Å². The number of carboxylic acid groups (broad SMARTS) is 1. The highest BCUT2D eigenvalue weighted by Gasteiger charge is 2.28. The molecule has 1 fully saturated rings. The van der Waals surface area contributed by atoms with Crippen molar-refractivity contribution in [3.63, 3.8) is 0 Å². The third-order valence-corrected chi connectivity index (χ3v) is 3.06. The lowest BCUT2D eigenvalue weighted by atomic mass is 10.2. The third kappa shape index (κ3) is 4.15. The number of aromatic nitrogens is 1. The second-order valence-corrected chi connectivity index (χ2v) is 4.48. The topological polar surface area (TPSA) is 53.4 Å². The van der Waals surface area contributed by atoms with Gasteiger partial charge in [-0.1, -0.05) is 6.07 Å². The fraction of sp³-hybridized carbons (Fsp3) is 0.538. The number of carboxylic acids is 1. The Labute approximate surface area is 101 Å². The Morgan fingerprint density at radius 1 is 1.41 bits per heavy atom. The van der Waals surface area contributed by atoms with Gasteiger partial charge in [0.1, 0.15) is 0 Å². The molecule has 0 saturated heterocycles. The summed E-state index contributed by atoms with van der Waals surface area (Å²) in [5, 5.41) is 8.71. The predicted octanol–water partition coefficient (Wildman–Crippen LogP) is 1.56. The fourth-order valence-corrected chi connectivity index (χ4v) is 1.96. The molecule has 0 bridgehead atoms. The first-order valence-electron chi connectivity index (χ1n) is 6.11. The van der Waals surface area contributed by atoms with Crippen molar-refractivity contribution in [3.05, 3.63) is 30.1 Å². The Balaban J connectivity index is 1.79. The van der Waals surface area contributed by atoms with E-state index in [1.165, 1.54) is 12.8 Å². The highest BCUT2D eigenvalue weighted by molar-refractivity contribution is 5.66. The van der Waals surface area contributed by atoms with Crippen LogP contribution in [0.25, 0.3) is 0 Å². The van der Waals surface area contributed by atoms with E-state index in [0.717, 1.165) is 18.7 Å². The van der Waals surface area contributed by atoms with Crippen LogP contribution < -0.4 is 0 Å². The average molecular weight is 234 g/mol. The second kappa shape index (κ2) is 5.77. The molecule has 1 aliphatic carbocycles. The maximum atomic E-state index is 10.6. The number of pyridine rings is 1. The molecular weight excluding hydrogens is 216 g/mol. The minimum Gasteiger partial charge on any atom is -0.481 e. The molecule has 4 heteroatoms. The smallest absolute Gasteiger partial charge is 0.304 e. The standard InChI is InChI=1S/C13H18N2O2/c16-13(17)7-10-15(12-4-5-12)9-6-11-3-1-2-8-14-11/h1-3,8,12H,4-7,9-10H2,(H,16,17). The average Bonchev–Trinajstić information content (AvgIpc) is 3.14. The Kier molecular flexibility index (Phi) is 4.09. The summed E-state index contributed by atoms with van der Waals surface area (Å²) in [6.07, 6.45) is 5.35. The van der Waals surface area contributed by atoms with Crippen molar-refractivity contribution < 1.29 is 9.90 Å². The molecule has 92 valence electrons. The highest BCUT2D eigenvalue weighted by Crippen LogP contribution is 2.26. The van der Waals surface area contributed by atoms with Gasteiger partial charge in [-0.25, -0.2) is 0 Å². The van der Waals surface area contributed by atoms with Crippen molar-refractivity contribution in [1.82, 2.24) is 9.88 Å². The largest absolute Gasteiger partial charge is 0.481 e. The second-order valence-electron chi connectivity index (χ2n) is 4.48. The van der Waals surface area contributed by atoms with Crippen LogP contribution in [0.5, 0.6) is 0 Å². The van der Waals surface area contributed by atoms with Crippen LogP contribution in [0.4, 0.5) is 0 Å². The zero-order valence-electron chi connectivity index (χ0n) is 9.88. The molecule has 4 nitrogen and oxygen atoms in total. The van der Waals surface area contributed by atoms with E-state index < -0.39 is 5.97 Å². The van der Waals surface area contributed by atoms with Gasteiger partial charge < -0.3 is 5.11 Å². The summed E-state index contributed by atoms with van der Waals surface area (Å²) >= 11 is 0. The minimum absolute atomic E-state index is 0.235. The van der Waals surface area contributed by atoms with Crippen molar-refractivity contribution in [3.8, 4) is 0 Å². The molecule has 1 aromatic rings. The summed E-state index contributed by atoms with van der Waals surface area (Å²) in [6.45, 7) is 1.57. The van der Waals surface area contributed by atoms with Crippen molar-refractivity contribution in [2.45, 2.75) is 31.7 Å². The van der Waals surface area contributed by atoms with E-state index in [4.69, 9.17) is 5.11 Å². The van der Waals surface area contributed by atoms with Crippen LogP contribution in [0.15, 0.2) is 24.4 Å². The highest BCUT2D eigenvalue weighted by atomic mass is 16.4. The van der Waals surface area contributed by atoms with Gasteiger partial charge in [-0.2, -0.15) is 0 Å². The Hall–Kier alpha value is -1.42. The molecule has 0 atom stereocenters. The van der Waals surface area contributed by atoms with E-state index in [9.17, 15) is 4.79 Å². The molecule has 1 saturated carbocycles. The van der Waals surface area contributed by atoms with E-state index in [0.29, 0.717) is 12.6 Å². The molecule has 1 N–H and O–H groups in total. The first kappa shape index (κ1) is 12.0. The number of rotatable bonds is 7. The van der Waals surface area contributed by atoms with Gasteiger partial charge in [-0.3, -0.25) is 14.7 Å². The third-order valence-electron chi connectivity index (χ3n) is 3.06. The Morgan fingerprint density at radius 2 is 2.24 bits per heavy atom. The summed E-state index contributed by atoms with van der Waals surface area (Å²) in [5.41, 5.74) is 1.08. The van der Waals surface area contributed by atoms with Crippen LogP contribution in [0, 0.1) is 0 Å². The maximum Gasteiger partial charge on any atom is 0.304 e.